The van der Waals surface area contributed by atoms with Gasteiger partial charge in [0, 0.05) is 17.6 Å². The summed E-state index contributed by atoms with van der Waals surface area (Å²) in [6.07, 6.45) is 7.57. The van der Waals surface area contributed by atoms with Gasteiger partial charge in [-0.05, 0) is 49.9 Å². The molecule has 0 aliphatic carbocycles. The summed E-state index contributed by atoms with van der Waals surface area (Å²) >= 11 is 1.64. The SMILES string of the molecule is CC(C)CCC(C)n1c(-c2ccco2)csc1=Nc1cccnc1. The summed E-state index contributed by atoms with van der Waals surface area (Å²) < 4.78 is 7.92. The molecule has 4 nitrogen and oxygen atoms in total. The van der Waals surface area contributed by atoms with Gasteiger partial charge in [0.2, 0.25) is 0 Å². The third kappa shape index (κ3) is 3.85. The Morgan fingerprint density at radius 2 is 2.08 bits per heavy atom. The zero-order valence-electron chi connectivity index (χ0n) is 14.3. The molecule has 3 rings (SSSR count). The third-order valence-electron chi connectivity index (χ3n) is 3.99. The molecule has 1 atom stereocenters. The second-order valence-corrected chi connectivity index (χ2v) is 7.23. The van der Waals surface area contributed by atoms with Crippen molar-refractivity contribution in [3.05, 3.63) is 53.1 Å². The number of furan rings is 1. The number of pyridine rings is 1. The monoisotopic (exact) mass is 341 g/mol. The van der Waals surface area contributed by atoms with E-state index >= 15 is 0 Å². The molecular formula is C19H23N3OS. The van der Waals surface area contributed by atoms with Crippen molar-refractivity contribution in [2.75, 3.05) is 0 Å². The van der Waals surface area contributed by atoms with Gasteiger partial charge in [-0.3, -0.25) is 4.98 Å². The van der Waals surface area contributed by atoms with E-state index in [1.807, 2.05) is 24.3 Å². The summed E-state index contributed by atoms with van der Waals surface area (Å²) in [5.41, 5.74) is 1.96. The molecule has 0 radical (unpaired) electrons. The highest BCUT2D eigenvalue weighted by molar-refractivity contribution is 7.07. The van der Waals surface area contributed by atoms with E-state index in [0.29, 0.717) is 12.0 Å². The fourth-order valence-corrected chi connectivity index (χ4v) is 3.66. The maximum atomic E-state index is 5.63. The molecule has 3 aromatic rings. The summed E-state index contributed by atoms with van der Waals surface area (Å²) in [5, 5.41) is 2.12. The van der Waals surface area contributed by atoms with Crippen molar-refractivity contribution in [2.24, 2.45) is 10.9 Å². The smallest absolute Gasteiger partial charge is 0.190 e. The van der Waals surface area contributed by atoms with Crippen molar-refractivity contribution >= 4 is 17.0 Å². The zero-order valence-corrected chi connectivity index (χ0v) is 15.2. The summed E-state index contributed by atoms with van der Waals surface area (Å²) in [4.78, 5) is 9.93. The van der Waals surface area contributed by atoms with E-state index in [0.717, 1.165) is 28.4 Å². The molecule has 0 amide bonds. The number of hydrogen-bond acceptors (Lipinski definition) is 4. The molecule has 0 saturated heterocycles. The normalized spacial score (nSPS) is 13.6. The average molecular weight is 341 g/mol. The lowest BCUT2D eigenvalue weighted by atomic mass is 10.0. The molecule has 0 aliphatic rings. The van der Waals surface area contributed by atoms with Crippen LogP contribution in [0.15, 0.2) is 57.7 Å². The highest BCUT2D eigenvalue weighted by atomic mass is 32.1. The standard InChI is InChI=1S/C19H23N3OS/c1-14(2)8-9-15(3)22-17(18-7-5-11-23-18)13-24-19(22)21-16-6-4-10-20-12-16/h4-7,10-15H,8-9H2,1-3H3. The van der Waals surface area contributed by atoms with Gasteiger partial charge >= 0.3 is 0 Å². The van der Waals surface area contributed by atoms with Gasteiger partial charge in [0.25, 0.3) is 0 Å². The van der Waals surface area contributed by atoms with Crippen molar-refractivity contribution < 1.29 is 4.42 Å². The van der Waals surface area contributed by atoms with Crippen LogP contribution >= 0.6 is 11.3 Å². The molecule has 0 spiro atoms. The molecule has 1 unspecified atom stereocenters. The van der Waals surface area contributed by atoms with Crippen molar-refractivity contribution in [2.45, 2.75) is 39.7 Å². The Labute approximate surface area is 146 Å². The van der Waals surface area contributed by atoms with Gasteiger partial charge in [-0.25, -0.2) is 4.99 Å². The van der Waals surface area contributed by atoms with E-state index in [4.69, 9.17) is 9.41 Å². The molecule has 5 heteroatoms. The highest BCUT2D eigenvalue weighted by Crippen LogP contribution is 2.26. The Balaban J connectivity index is 2.04. The first-order chi connectivity index (χ1) is 11.6. The minimum Gasteiger partial charge on any atom is -0.463 e. The molecule has 126 valence electrons. The van der Waals surface area contributed by atoms with E-state index in [1.165, 1.54) is 6.42 Å². The lowest BCUT2D eigenvalue weighted by Crippen LogP contribution is -2.20. The topological polar surface area (TPSA) is 43.3 Å². The first-order valence-corrected chi connectivity index (χ1v) is 9.21. The molecule has 0 bridgehead atoms. The van der Waals surface area contributed by atoms with Gasteiger partial charge < -0.3 is 8.98 Å². The van der Waals surface area contributed by atoms with Crippen LogP contribution in [0, 0.1) is 5.92 Å². The molecule has 0 aliphatic heterocycles. The minimum absolute atomic E-state index is 0.356. The first-order valence-electron chi connectivity index (χ1n) is 8.34. The van der Waals surface area contributed by atoms with E-state index in [1.54, 1.807) is 30.0 Å². The van der Waals surface area contributed by atoms with E-state index in [9.17, 15) is 0 Å². The molecular weight excluding hydrogens is 318 g/mol. The second-order valence-electron chi connectivity index (χ2n) is 6.39. The number of thiazole rings is 1. The summed E-state index contributed by atoms with van der Waals surface area (Å²) in [6.45, 7) is 6.78. The van der Waals surface area contributed by atoms with Gasteiger partial charge in [-0.1, -0.05) is 13.8 Å². The molecule has 0 aromatic carbocycles. The van der Waals surface area contributed by atoms with Gasteiger partial charge in [0.15, 0.2) is 10.6 Å². The van der Waals surface area contributed by atoms with Gasteiger partial charge in [-0.15, -0.1) is 11.3 Å². The van der Waals surface area contributed by atoms with Crippen LogP contribution in [0.2, 0.25) is 0 Å². The quantitative estimate of drug-likeness (QED) is 0.599. The molecule has 3 aromatic heterocycles. The van der Waals surface area contributed by atoms with Gasteiger partial charge in [0.05, 0.1) is 23.8 Å². The molecule has 0 fully saturated rings. The van der Waals surface area contributed by atoms with Crippen molar-refractivity contribution in [3.63, 3.8) is 0 Å². The predicted octanol–water partition coefficient (Wildman–Crippen LogP) is 5.43. The Bertz CT molecular complexity index is 816. The van der Waals surface area contributed by atoms with Crippen LogP contribution < -0.4 is 4.80 Å². The van der Waals surface area contributed by atoms with E-state index < -0.39 is 0 Å². The molecule has 0 N–H and O–H groups in total. The zero-order chi connectivity index (χ0) is 16.9. The predicted molar refractivity (Wildman–Crippen MR) is 98.3 cm³/mol. The van der Waals surface area contributed by atoms with Crippen LogP contribution in [-0.2, 0) is 0 Å². The Morgan fingerprint density at radius 1 is 1.21 bits per heavy atom. The fourth-order valence-electron chi connectivity index (χ4n) is 2.67. The van der Waals surface area contributed by atoms with Crippen LogP contribution in [0.1, 0.15) is 39.7 Å². The van der Waals surface area contributed by atoms with E-state index in [-0.39, 0.29) is 0 Å². The lowest BCUT2D eigenvalue weighted by Gasteiger charge is -2.17. The van der Waals surface area contributed by atoms with Crippen LogP contribution in [0.3, 0.4) is 0 Å². The van der Waals surface area contributed by atoms with Crippen LogP contribution in [-0.4, -0.2) is 9.55 Å². The largest absolute Gasteiger partial charge is 0.463 e. The summed E-state index contributed by atoms with van der Waals surface area (Å²) in [5.74, 6) is 1.58. The number of hydrogen-bond donors (Lipinski definition) is 0. The first kappa shape index (κ1) is 16.7. The Hall–Kier alpha value is -2.14. The summed E-state index contributed by atoms with van der Waals surface area (Å²) in [7, 11) is 0. The van der Waals surface area contributed by atoms with Crippen LogP contribution in [0.5, 0.6) is 0 Å². The van der Waals surface area contributed by atoms with Crippen molar-refractivity contribution in [3.8, 4) is 11.5 Å². The van der Waals surface area contributed by atoms with Crippen molar-refractivity contribution in [1.29, 1.82) is 0 Å². The highest BCUT2D eigenvalue weighted by Gasteiger charge is 2.16. The fraction of sp³-hybridized carbons (Fsp3) is 0.368. The van der Waals surface area contributed by atoms with Gasteiger partial charge in [0.1, 0.15) is 0 Å². The number of rotatable bonds is 6. The van der Waals surface area contributed by atoms with Crippen molar-refractivity contribution in [1.82, 2.24) is 9.55 Å². The number of aromatic nitrogens is 2. The Kier molecular flexibility index (Phi) is 5.30. The second kappa shape index (κ2) is 7.62. The third-order valence-corrected chi connectivity index (χ3v) is 4.83. The van der Waals surface area contributed by atoms with E-state index in [2.05, 4.69) is 35.7 Å². The molecule has 24 heavy (non-hydrogen) atoms. The maximum absolute atomic E-state index is 5.63. The molecule has 0 saturated carbocycles. The maximum Gasteiger partial charge on any atom is 0.190 e. The average Bonchev–Trinajstić information content (AvgIpc) is 3.23. The lowest BCUT2D eigenvalue weighted by molar-refractivity contribution is 0.433. The van der Waals surface area contributed by atoms with Crippen LogP contribution in [0.4, 0.5) is 5.69 Å². The van der Waals surface area contributed by atoms with Crippen LogP contribution in [0.25, 0.3) is 11.5 Å². The summed E-state index contributed by atoms with van der Waals surface area (Å²) in [6, 6.07) is 8.17. The number of nitrogens with zero attached hydrogens (tertiary/aromatic N) is 3. The molecule has 3 heterocycles. The van der Waals surface area contributed by atoms with Gasteiger partial charge in [-0.2, -0.15) is 0 Å². The minimum atomic E-state index is 0.356. The Morgan fingerprint density at radius 3 is 2.75 bits per heavy atom.